The molecular formula is C24H22N8O2S. The van der Waals surface area contributed by atoms with Gasteiger partial charge in [0.2, 0.25) is 5.01 Å². The van der Waals surface area contributed by atoms with Crippen LogP contribution in [0.25, 0.3) is 22.0 Å². The first kappa shape index (κ1) is 22.6. The molecule has 2 aromatic heterocycles. The zero-order valence-corrected chi connectivity index (χ0v) is 19.5. The minimum Gasteiger partial charge on any atom is -0.363 e. The summed E-state index contributed by atoms with van der Waals surface area (Å²) in [5.41, 5.74) is 7.54. The van der Waals surface area contributed by atoms with Gasteiger partial charge in [0.05, 0.1) is 5.69 Å². The Kier molecular flexibility index (Phi) is 6.42. The summed E-state index contributed by atoms with van der Waals surface area (Å²) >= 11 is 1.07. The van der Waals surface area contributed by atoms with Gasteiger partial charge in [-0.05, 0) is 12.1 Å². The first-order valence-corrected chi connectivity index (χ1v) is 11.8. The molecule has 0 radical (unpaired) electrons. The molecule has 0 saturated carbocycles. The van der Waals surface area contributed by atoms with Crippen LogP contribution in [-0.4, -0.2) is 58.2 Å². The van der Waals surface area contributed by atoms with Gasteiger partial charge < -0.3 is 21.3 Å². The molecule has 0 unspecified atom stereocenters. The number of amides is 2. The molecule has 0 bridgehead atoms. The van der Waals surface area contributed by atoms with Crippen molar-refractivity contribution in [3.8, 4) is 22.0 Å². The summed E-state index contributed by atoms with van der Waals surface area (Å²) < 4.78 is 0. The molecule has 176 valence electrons. The number of para-hydroxylation sites is 1. The molecule has 4 N–H and O–H groups in total. The number of carbonyl (C=O) groups excluding carboxylic acids is 2. The fraction of sp³-hybridized carbons (Fsp3) is 0.167. The highest BCUT2D eigenvalue weighted by Crippen LogP contribution is 2.31. The molecular weight excluding hydrogens is 464 g/mol. The van der Waals surface area contributed by atoms with Gasteiger partial charge in [0.15, 0.2) is 5.82 Å². The number of hydrogen-bond donors (Lipinski definition) is 3. The summed E-state index contributed by atoms with van der Waals surface area (Å²) in [6.45, 7) is 3.26. The van der Waals surface area contributed by atoms with E-state index in [9.17, 15) is 9.59 Å². The number of benzene rings is 2. The Bertz CT molecular complexity index is 1370. The van der Waals surface area contributed by atoms with E-state index >= 15 is 0 Å². The number of rotatable bonds is 6. The van der Waals surface area contributed by atoms with Crippen LogP contribution in [-0.2, 0) is 0 Å². The van der Waals surface area contributed by atoms with Crippen LogP contribution in [0.4, 0.5) is 11.5 Å². The van der Waals surface area contributed by atoms with E-state index in [0.29, 0.717) is 27.9 Å². The Morgan fingerprint density at radius 3 is 2.46 bits per heavy atom. The van der Waals surface area contributed by atoms with Crippen molar-refractivity contribution in [2.24, 2.45) is 5.73 Å². The number of anilines is 2. The first-order chi connectivity index (χ1) is 17.1. The zero-order chi connectivity index (χ0) is 24.2. The summed E-state index contributed by atoms with van der Waals surface area (Å²) in [6.07, 6.45) is 0. The predicted molar refractivity (Wildman–Crippen MR) is 134 cm³/mol. The van der Waals surface area contributed by atoms with E-state index in [0.717, 1.165) is 43.1 Å². The number of primary amides is 1. The minimum absolute atomic E-state index is 0.102. The summed E-state index contributed by atoms with van der Waals surface area (Å²) in [5.74, 6) is 0.155. The van der Waals surface area contributed by atoms with Gasteiger partial charge in [0.25, 0.3) is 11.8 Å². The number of aromatic nitrogens is 4. The van der Waals surface area contributed by atoms with Crippen molar-refractivity contribution in [3.05, 3.63) is 71.4 Å². The molecule has 0 aliphatic carbocycles. The lowest BCUT2D eigenvalue weighted by atomic mass is 10.1. The number of carbonyl (C=O) groups is 2. The Morgan fingerprint density at radius 2 is 1.71 bits per heavy atom. The van der Waals surface area contributed by atoms with E-state index in [1.165, 1.54) is 0 Å². The van der Waals surface area contributed by atoms with Gasteiger partial charge in [-0.15, -0.1) is 10.2 Å². The van der Waals surface area contributed by atoms with E-state index in [4.69, 9.17) is 10.7 Å². The van der Waals surface area contributed by atoms with Crippen molar-refractivity contribution in [3.63, 3.8) is 0 Å². The highest BCUT2D eigenvalue weighted by Gasteiger charge is 2.20. The predicted octanol–water partition coefficient (Wildman–Crippen LogP) is 2.42. The van der Waals surface area contributed by atoms with E-state index < -0.39 is 5.91 Å². The molecule has 1 aliphatic rings. The third-order valence-electron chi connectivity index (χ3n) is 5.46. The van der Waals surface area contributed by atoms with E-state index in [1.807, 2.05) is 36.4 Å². The SMILES string of the molecule is NC(=O)c1nnc(-c2ccccc2NC(=O)c2cc(N3CCNCC3)nc(-c3ccccc3)n2)s1. The minimum atomic E-state index is -0.648. The molecule has 1 saturated heterocycles. The lowest BCUT2D eigenvalue weighted by molar-refractivity contribution is 0.0996. The standard InChI is InChI=1S/C24H22N8O2S/c25-20(33)24-31-30-23(35-24)16-8-4-5-9-17(16)28-22(34)18-14-19(32-12-10-26-11-13-32)29-21(27-18)15-6-2-1-3-7-15/h1-9,14,26H,10-13H2,(H2,25,33)(H,28,34). The maximum atomic E-state index is 13.4. The molecule has 0 spiro atoms. The number of nitrogens with zero attached hydrogens (tertiary/aromatic N) is 5. The molecule has 3 heterocycles. The Labute approximate surface area is 205 Å². The van der Waals surface area contributed by atoms with Crippen LogP contribution in [0.3, 0.4) is 0 Å². The molecule has 10 nitrogen and oxygen atoms in total. The van der Waals surface area contributed by atoms with Crippen LogP contribution < -0.4 is 21.3 Å². The normalized spacial score (nSPS) is 13.4. The quantitative estimate of drug-likeness (QED) is 0.378. The maximum Gasteiger partial charge on any atom is 0.279 e. The monoisotopic (exact) mass is 486 g/mol. The highest BCUT2D eigenvalue weighted by molar-refractivity contribution is 7.16. The van der Waals surface area contributed by atoms with Gasteiger partial charge >= 0.3 is 0 Å². The number of piperazine rings is 1. The van der Waals surface area contributed by atoms with E-state index in [-0.39, 0.29) is 16.6 Å². The largest absolute Gasteiger partial charge is 0.363 e. The second-order valence-electron chi connectivity index (χ2n) is 7.81. The smallest absolute Gasteiger partial charge is 0.279 e. The molecule has 2 aromatic carbocycles. The van der Waals surface area contributed by atoms with Crippen molar-refractivity contribution in [2.75, 3.05) is 36.4 Å². The molecule has 4 aromatic rings. The molecule has 5 rings (SSSR count). The van der Waals surface area contributed by atoms with Crippen LogP contribution in [0.2, 0.25) is 0 Å². The van der Waals surface area contributed by atoms with E-state index in [1.54, 1.807) is 24.3 Å². The molecule has 1 fully saturated rings. The number of nitrogens with one attached hydrogen (secondary N) is 2. The molecule has 1 aliphatic heterocycles. The topological polar surface area (TPSA) is 139 Å². The second kappa shape index (κ2) is 9.95. The third-order valence-corrected chi connectivity index (χ3v) is 6.43. The first-order valence-electron chi connectivity index (χ1n) is 11.0. The van der Waals surface area contributed by atoms with Crippen LogP contribution in [0.5, 0.6) is 0 Å². The van der Waals surface area contributed by atoms with Crippen LogP contribution in [0, 0.1) is 0 Å². The average Bonchev–Trinajstić information content (AvgIpc) is 3.40. The molecule has 11 heteroatoms. The Balaban J connectivity index is 1.49. The molecule has 0 atom stereocenters. The number of nitrogens with two attached hydrogens (primary N) is 1. The van der Waals surface area contributed by atoms with Crippen molar-refractivity contribution < 1.29 is 9.59 Å². The van der Waals surface area contributed by atoms with Crippen molar-refractivity contribution in [1.29, 1.82) is 0 Å². The third kappa shape index (κ3) is 5.00. The fourth-order valence-electron chi connectivity index (χ4n) is 3.72. The van der Waals surface area contributed by atoms with Crippen LogP contribution in [0.1, 0.15) is 20.3 Å². The van der Waals surface area contributed by atoms with Crippen molar-refractivity contribution >= 4 is 34.7 Å². The van der Waals surface area contributed by atoms with Gasteiger partial charge in [-0.2, -0.15) is 0 Å². The summed E-state index contributed by atoms with van der Waals surface area (Å²) in [6, 6.07) is 18.5. The van der Waals surface area contributed by atoms with Crippen LogP contribution >= 0.6 is 11.3 Å². The highest BCUT2D eigenvalue weighted by atomic mass is 32.1. The summed E-state index contributed by atoms with van der Waals surface area (Å²) in [4.78, 5) is 36.3. The zero-order valence-electron chi connectivity index (χ0n) is 18.6. The summed E-state index contributed by atoms with van der Waals surface area (Å²) in [5, 5.41) is 14.7. The van der Waals surface area contributed by atoms with Crippen LogP contribution in [0.15, 0.2) is 60.7 Å². The van der Waals surface area contributed by atoms with Gasteiger partial charge in [-0.25, -0.2) is 9.97 Å². The lowest BCUT2D eigenvalue weighted by Gasteiger charge is -2.28. The Hall–Kier alpha value is -4.22. The fourth-order valence-corrected chi connectivity index (χ4v) is 4.45. The lowest BCUT2D eigenvalue weighted by Crippen LogP contribution is -2.44. The van der Waals surface area contributed by atoms with E-state index in [2.05, 4.69) is 30.7 Å². The van der Waals surface area contributed by atoms with Gasteiger partial charge in [0, 0.05) is 43.4 Å². The van der Waals surface area contributed by atoms with Crippen molar-refractivity contribution in [1.82, 2.24) is 25.5 Å². The molecule has 2 amide bonds. The molecule has 35 heavy (non-hydrogen) atoms. The maximum absolute atomic E-state index is 13.4. The Morgan fingerprint density at radius 1 is 0.971 bits per heavy atom. The second-order valence-corrected chi connectivity index (χ2v) is 8.79. The van der Waals surface area contributed by atoms with Gasteiger partial charge in [-0.1, -0.05) is 53.8 Å². The van der Waals surface area contributed by atoms with Crippen molar-refractivity contribution in [2.45, 2.75) is 0 Å². The van der Waals surface area contributed by atoms with Gasteiger partial charge in [0.1, 0.15) is 16.5 Å². The van der Waals surface area contributed by atoms with Gasteiger partial charge in [-0.3, -0.25) is 9.59 Å². The number of hydrogen-bond acceptors (Lipinski definition) is 9. The summed E-state index contributed by atoms with van der Waals surface area (Å²) in [7, 11) is 0. The average molecular weight is 487 g/mol.